The molecule has 0 atom stereocenters. The van der Waals surface area contributed by atoms with Crippen molar-refractivity contribution in [2.45, 2.75) is 129 Å². The van der Waals surface area contributed by atoms with E-state index in [2.05, 4.69) is 29.7 Å². The molecule has 6 N–H and O–H groups in total. The van der Waals surface area contributed by atoms with Crippen LogP contribution in [0.15, 0.2) is 12.2 Å². The Bertz CT molecular complexity index is 556. The zero-order chi connectivity index (χ0) is 27.9. The molecule has 0 rings (SSSR count). The summed E-state index contributed by atoms with van der Waals surface area (Å²) in [4.78, 5) is 26.4. The highest BCUT2D eigenvalue weighted by molar-refractivity contribution is 5.76. The highest BCUT2D eigenvalue weighted by Crippen LogP contribution is 2.11. The first-order valence-corrected chi connectivity index (χ1v) is 16.0. The van der Waals surface area contributed by atoms with Crippen molar-refractivity contribution in [2.75, 3.05) is 45.8 Å². The van der Waals surface area contributed by atoms with Crippen molar-refractivity contribution in [1.29, 1.82) is 0 Å². The number of rotatable bonds is 29. The largest absolute Gasteiger partial charge is 0.356 e. The number of nitrogens with zero attached hydrogens (tertiary/aromatic N) is 1. The fourth-order valence-electron chi connectivity index (χ4n) is 4.46. The standard InChI is InChI=1S/C31H63N5O2/c1-2-3-4-5-6-7-8-9-10-11-12-13-14-15-16-22-31(38)36(28-19-24-33)29-20-26-34-25-17-21-30(37)35-27-18-23-32/h9-10,34H,2-8,11-29,32-33H2,1H3,(H,35,37). The number of hydrogen-bond donors (Lipinski definition) is 4. The van der Waals surface area contributed by atoms with Crippen LogP contribution in [-0.2, 0) is 9.59 Å². The molecule has 0 aromatic heterocycles. The summed E-state index contributed by atoms with van der Waals surface area (Å²) in [5, 5.41) is 6.27. The van der Waals surface area contributed by atoms with Crippen LogP contribution in [0.1, 0.15) is 129 Å². The van der Waals surface area contributed by atoms with Gasteiger partial charge in [0.1, 0.15) is 0 Å². The van der Waals surface area contributed by atoms with E-state index in [1.165, 1.54) is 70.6 Å². The van der Waals surface area contributed by atoms with Crippen LogP contribution in [0, 0.1) is 0 Å². The Morgan fingerprint density at radius 3 is 1.87 bits per heavy atom. The third-order valence-electron chi connectivity index (χ3n) is 6.88. The van der Waals surface area contributed by atoms with Crippen molar-refractivity contribution in [3.63, 3.8) is 0 Å². The van der Waals surface area contributed by atoms with E-state index in [0.717, 1.165) is 64.7 Å². The fraction of sp³-hybridized carbons (Fsp3) is 0.871. The van der Waals surface area contributed by atoms with E-state index in [-0.39, 0.29) is 11.8 Å². The normalized spacial score (nSPS) is 11.3. The number of nitrogens with one attached hydrogen (secondary N) is 2. The lowest BCUT2D eigenvalue weighted by atomic mass is 10.1. The first-order valence-electron chi connectivity index (χ1n) is 16.0. The van der Waals surface area contributed by atoms with E-state index < -0.39 is 0 Å². The van der Waals surface area contributed by atoms with Crippen molar-refractivity contribution in [3.05, 3.63) is 12.2 Å². The van der Waals surface area contributed by atoms with E-state index >= 15 is 0 Å². The van der Waals surface area contributed by atoms with Gasteiger partial charge in [0.15, 0.2) is 0 Å². The second-order valence-corrected chi connectivity index (χ2v) is 10.6. The van der Waals surface area contributed by atoms with Crippen LogP contribution in [-0.4, -0.2) is 62.5 Å². The summed E-state index contributed by atoms with van der Waals surface area (Å²) in [6.45, 7) is 7.34. The molecule has 7 nitrogen and oxygen atoms in total. The number of amides is 2. The van der Waals surface area contributed by atoms with Gasteiger partial charge in [0.2, 0.25) is 11.8 Å². The lowest BCUT2D eigenvalue weighted by Crippen LogP contribution is -2.35. The third kappa shape index (κ3) is 26.2. The smallest absolute Gasteiger partial charge is 0.222 e. The topological polar surface area (TPSA) is 113 Å². The Kier molecular flexibility index (Phi) is 29.0. The minimum absolute atomic E-state index is 0.0921. The molecule has 0 unspecified atom stereocenters. The molecule has 0 radical (unpaired) electrons. The molecule has 0 aromatic carbocycles. The molecule has 0 spiro atoms. The van der Waals surface area contributed by atoms with Crippen molar-refractivity contribution in [3.8, 4) is 0 Å². The average Bonchev–Trinajstić information content (AvgIpc) is 2.92. The second kappa shape index (κ2) is 30.1. The quantitative estimate of drug-likeness (QED) is 0.0751. The fourth-order valence-corrected chi connectivity index (χ4v) is 4.46. The Hall–Kier alpha value is -1.44. The minimum Gasteiger partial charge on any atom is -0.356 e. The van der Waals surface area contributed by atoms with Crippen molar-refractivity contribution >= 4 is 11.8 Å². The van der Waals surface area contributed by atoms with Gasteiger partial charge in [0, 0.05) is 32.5 Å². The molecule has 0 aliphatic heterocycles. The van der Waals surface area contributed by atoms with Crippen LogP contribution >= 0.6 is 0 Å². The Morgan fingerprint density at radius 2 is 1.21 bits per heavy atom. The molecule has 0 fully saturated rings. The SMILES string of the molecule is CCCCCCCCC=CCCCCCCCC(=O)N(CCCN)CCCNCCCC(=O)NCCCN. The van der Waals surface area contributed by atoms with Crippen molar-refractivity contribution in [2.24, 2.45) is 11.5 Å². The molecule has 38 heavy (non-hydrogen) atoms. The number of carbonyl (C=O) groups excluding carboxylic acids is 2. The summed E-state index contributed by atoms with van der Waals surface area (Å²) in [5.41, 5.74) is 11.1. The molecule has 224 valence electrons. The third-order valence-corrected chi connectivity index (χ3v) is 6.88. The van der Waals surface area contributed by atoms with Crippen LogP contribution < -0.4 is 22.1 Å². The molecular weight excluding hydrogens is 474 g/mol. The number of hydrogen-bond acceptors (Lipinski definition) is 5. The van der Waals surface area contributed by atoms with Gasteiger partial charge in [-0.05, 0) is 84.0 Å². The van der Waals surface area contributed by atoms with E-state index in [4.69, 9.17) is 11.5 Å². The van der Waals surface area contributed by atoms with Gasteiger partial charge >= 0.3 is 0 Å². The number of nitrogens with two attached hydrogens (primary N) is 2. The van der Waals surface area contributed by atoms with Crippen LogP contribution in [0.4, 0.5) is 0 Å². The molecule has 7 heteroatoms. The Morgan fingerprint density at radius 1 is 0.632 bits per heavy atom. The molecule has 0 saturated heterocycles. The van der Waals surface area contributed by atoms with Gasteiger partial charge in [-0.3, -0.25) is 9.59 Å². The van der Waals surface area contributed by atoms with E-state index in [1.807, 2.05) is 4.90 Å². The maximum atomic E-state index is 12.7. The average molecular weight is 538 g/mol. The highest BCUT2D eigenvalue weighted by atomic mass is 16.2. The summed E-state index contributed by atoms with van der Waals surface area (Å²) >= 11 is 0. The number of unbranched alkanes of at least 4 members (excludes halogenated alkanes) is 11. The molecule has 0 aliphatic rings. The zero-order valence-electron chi connectivity index (χ0n) is 25.0. The predicted molar refractivity (Wildman–Crippen MR) is 163 cm³/mol. The van der Waals surface area contributed by atoms with Crippen molar-refractivity contribution in [1.82, 2.24) is 15.5 Å². The van der Waals surface area contributed by atoms with E-state index in [9.17, 15) is 9.59 Å². The Balaban J connectivity index is 3.75. The van der Waals surface area contributed by atoms with Gasteiger partial charge in [0.05, 0.1) is 0 Å². The zero-order valence-corrected chi connectivity index (χ0v) is 25.0. The summed E-state index contributed by atoms with van der Waals surface area (Å²) < 4.78 is 0. The maximum Gasteiger partial charge on any atom is 0.222 e. The van der Waals surface area contributed by atoms with Gasteiger partial charge in [-0.25, -0.2) is 0 Å². The van der Waals surface area contributed by atoms with Gasteiger partial charge in [-0.2, -0.15) is 0 Å². The monoisotopic (exact) mass is 537 g/mol. The second-order valence-electron chi connectivity index (χ2n) is 10.6. The van der Waals surface area contributed by atoms with Crippen LogP contribution in [0.5, 0.6) is 0 Å². The summed E-state index contributed by atoms with van der Waals surface area (Å²) in [7, 11) is 0. The minimum atomic E-state index is 0.0921. The lowest BCUT2D eigenvalue weighted by molar-refractivity contribution is -0.131. The van der Waals surface area contributed by atoms with E-state index in [0.29, 0.717) is 32.5 Å². The molecule has 0 aliphatic carbocycles. The summed E-state index contributed by atoms with van der Waals surface area (Å²) in [6.07, 6.45) is 25.8. The molecule has 0 bridgehead atoms. The molecule has 0 saturated carbocycles. The van der Waals surface area contributed by atoms with Crippen LogP contribution in [0.2, 0.25) is 0 Å². The number of carbonyl (C=O) groups is 2. The Labute approximate surface area is 235 Å². The molecule has 0 heterocycles. The summed E-state index contributed by atoms with van der Waals surface area (Å²) in [6, 6.07) is 0. The molecule has 2 amide bonds. The first-order chi connectivity index (χ1) is 18.7. The molecular formula is C31H63N5O2. The lowest BCUT2D eigenvalue weighted by Gasteiger charge is -2.23. The highest BCUT2D eigenvalue weighted by Gasteiger charge is 2.12. The van der Waals surface area contributed by atoms with Gasteiger partial charge in [-0.15, -0.1) is 0 Å². The van der Waals surface area contributed by atoms with Crippen LogP contribution in [0.3, 0.4) is 0 Å². The maximum absolute atomic E-state index is 12.7. The van der Waals surface area contributed by atoms with Crippen molar-refractivity contribution < 1.29 is 9.59 Å². The van der Waals surface area contributed by atoms with E-state index in [1.54, 1.807) is 0 Å². The first kappa shape index (κ1) is 36.6. The van der Waals surface area contributed by atoms with Gasteiger partial charge in [-0.1, -0.05) is 70.4 Å². The summed E-state index contributed by atoms with van der Waals surface area (Å²) in [5.74, 6) is 0.361. The van der Waals surface area contributed by atoms with Gasteiger partial charge < -0.3 is 27.0 Å². The van der Waals surface area contributed by atoms with Crippen LogP contribution in [0.25, 0.3) is 0 Å². The predicted octanol–water partition coefficient (Wildman–Crippen LogP) is 5.43. The number of allylic oxidation sites excluding steroid dienone is 2. The van der Waals surface area contributed by atoms with Gasteiger partial charge in [0.25, 0.3) is 0 Å². The molecule has 0 aromatic rings.